The predicted molar refractivity (Wildman–Crippen MR) is 71.7 cm³/mol. The van der Waals surface area contributed by atoms with Gasteiger partial charge in [-0.3, -0.25) is 4.79 Å². The third-order valence-corrected chi connectivity index (χ3v) is 3.48. The number of carbonyl (C=O) groups excluding carboxylic acids is 1. The molecule has 1 amide bonds. The van der Waals surface area contributed by atoms with Crippen LogP contribution >= 0.6 is 0 Å². The lowest BCUT2D eigenvalue weighted by Gasteiger charge is -2.27. The maximum atomic E-state index is 12.4. The Bertz CT molecular complexity index is 562. The molecule has 0 saturated carbocycles. The normalized spacial score (nSPS) is 16.2. The molecular formula is C13H17NO4S. The summed E-state index contributed by atoms with van der Waals surface area (Å²) in [6, 6.07) is 6.44. The van der Waals surface area contributed by atoms with E-state index in [9.17, 15) is 13.2 Å². The van der Waals surface area contributed by atoms with Gasteiger partial charge < -0.3 is 9.08 Å². The number of likely N-dealkylation sites (tertiary alicyclic amines) is 1. The molecule has 1 heterocycles. The number of nitrogens with zero attached hydrogens (tertiary/aromatic N) is 1. The van der Waals surface area contributed by atoms with E-state index in [0.29, 0.717) is 18.7 Å². The lowest BCUT2D eigenvalue weighted by atomic mass is 10.1. The van der Waals surface area contributed by atoms with Crippen LogP contribution in [0.15, 0.2) is 24.3 Å². The number of amides is 1. The second-order valence-electron chi connectivity index (χ2n) is 4.64. The third-order valence-electron chi connectivity index (χ3n) is 3.00. The van der Waals surface area contributed by atoms with E-state index in [4.69, 9.17) is 4.18 Å². The van der Waals surface area contributed by atoms with Crippen molar-refractivity contribution in [3.63, 3.8) is 0 Å². The Kier molecular flexibility index (Phi) is 4.09. The van der Waals surface area contributed by atoms with Gasteiger partial charge >= 0.3 is 10.1 Å². The molecule has 0 aromatic heterocycles. The molecule has 1 saturated heterocycles. The molecule has 2 rings (SSSR count). The van der Waals surface area contributed by atoms with Crippen LogP contribution in [0, 0.1) is 0 Å². The van der Waals surface area contributed by atoms with Crippen LogP contribution in [-0.4, -0.2) is 38.6 Å². The highest BCUT2D eigenvalue weighted by molar-refractivity contribution is 7.86. The van der Waals surface area contributed by atoms with Gasteiger partial charge in [-0.15, -0.1) is 0 Å². The fraction of sp³-hybridized carbons (Fsp3) is 0.462. The third kappa shape index (κ3) is 3.70. The molecule has 5 nitrogen and oxygen atoms in total. The van der Waals surface area contributed by atoms with Crippen molar-refractivity contribution in [2.75, 3.05) is 19.3 Å². The Morgan fingerprint density at radius 3 is 2.42 bits per heavy atom. The Morgan fingerprint density at radius 1 is 1.16 bits per heavy atom. The van der Waals surface area contributed by atoms with E-state index < -0.39 is 10.1 Å². The largest absolute Gasteiger partial charge is 0.382 e. The topological polar surface area (TPSA) is 63.7 Å². The maximum Gasteiger partial charge on any atom is 0.306 e. The minimum absolute atomic E-state index is 0.0978. The van der Waals surface area contributed by atoms with Crippen LogP contribution in [0.3, 0.4) is 0 Å². The first-order valence-electron chi connectivity index (χ1n) is 6.25. The van der Waals surface area contributed by atoms with Crippen molar-refractivity contribution in [2.45, 2.75) is 19.3 Å². The number of rotatable bonds is 3. The van der Waals surface area contributed by atoms with E-state index >= 15 is 0 Å². The van der Waals surface area contributed by atoms with Gasteiger partial charge in [0.2, 0.25) is 0 Å². The van der Waals surface area contributed by atoms with E-state index in [0.717, 1.165) is 25.5 Å². The molecule has 1 fully saturated rings. The predicted octanol–water partition coefficient (Wildman–Crippen LogP) is 1.65. The highest BCUT2D eigenvalue weighted by Gasteiger charge is 2.22. The molecule has 0 bridgehead atoms. The molecule has 0 radical (unpaired) electrons. The first kappa shape index (κ1) is 13.9. The van der Waals surface area contributed by atoms with E-state index in [1.165, 1.54) is 6.07 Å². The van der Waals surface area contributed by atoms with Crippen LogP contribution in [0.1, 0.15) is 29.6 Å². The molecule has 1 aliphatic rings. The zero-order chi connectivity index (χ0) is 13.9. The number of piperidine rings is 1. The molecule has 0 aliphatic carbocycles. The van der Waals surface area contributed by atoms with E-state index in [1.807, 2.05) is 0 Å². The van der Waals surface area contributed by atoms with Gasteiger partial charge in [0.15, 0.2) is 5.75 Å². The molecule has 0 atom stereocenters. The van der Waals surface area contributed by atoms with Gasteiger partial charge in [-0.1, -0.05) is 12.1 Å². The van der Waals surface area contributed by atoms with Crippen molar-refractivity contribution in [3.8, 4) is 5.75 Å². The Balaban J connectivity index is 2.26. The van der Waals surface area contributed by atoms with Crippen molar-refractivity contribution in [1.29, 1.82) is 0 Å². The Labute approximate surface area is 113 Å². The molecule has 1 aromatic rings. The summed E-state index contributed by atoms with van der Waals surface area (Å²) in [5, 5.41) is 0. The molecule has 0 unspecified atom stereocenters. The number of benzene rings is 1. The highest BCUT2D eigenvalue weighted by atomic mass is 32.2. The summed E-state index contributed by atoms with van der Waals surface area (Å²) >= 11 is 0. The quantitative estimate of drug-likeness (QED) is 0.791. The smallest absolute Gasteiger partial charge is 0.306 e. The molecule has 1 aliphatic heterocycles. The van der Waals surface area contributed by atoms with Gasteiger partial charge in [0, 0.05) is 13.1 Å². The maximum absolute atomic E-state index is 12.4. The van der Waals surface area contributed by atoms with Gasteiger partial charge in [0.05, 0.1) is 11.8 Å². The van der Waals surface area contributed by atoms with Gasteiger partial charge in [0.1, 0.15) is 0 Å². The molecule has 0 spiro atoms. The summed E-state index contributed by atoms with van der Waals surface area (Å²) in [5.74, 6) is -0.0699. The molecule has 104 valence electrons. The van der Waals surface area contributed by atoms with E-state index in [-0.39, 0.29) is 11.7 Å². The second kappa shape index (κ2) is 5.61. The minimum Gasteiger partial charge on any atom is -0.382 e. The summed E-state index contributed by atoms with van der Waals surface area (Å²) in [5.41, 5.74) is 0.301. The average molecular weight is 283 g/mol. The van der Waals surface area contributed by atoms with Gasteiger partial charge in [0.25, 0.3) is 5.91 Å². The summed E-state index contributed by atoms with van der Waals surface area (Å²) in [7, 11) is -3.63. The SMILES string of the molecule is CS(=O)(=O)Oc1ccccc1C(=O)N1CCCCC1. The number of hydrogen-bond donors (Lipinski definition) is 0. The molecule has 0 N–H and O–H groups in total. The van der Waals surface area contributed by atoms with Crippen molar-refractivity contribution in [2.24, 2.45) is 0 Å². The standard InChI is InChI=1S/C13H17NO4S/c1-19(16,17)18-12-8-4-3-7-11(12)13(15)14-9-5-2-6-10-14/h3-4,7-8H,2,5-6,9-10H2,1H3. The Hall–Kier alpha value is -1.56. The molecule has 1 aromatic carbocycles. The van der Waals surface area contributed by atoms with Gasteiger partial charge in [-0.2, -0.15) is 8.42 Å². The molecule has 6 heteroatoms. The monoisotopic (exact) mass is 283 g/mol. The van der Waals surface area contributed by atoms with Gasteiger partial charge in [-0.25, -0.2) is 0 Å². The summed E-state index contributed by atoms with van der Waals surface area (Å²) in [6.45, 7) is 1.43. The van der Waals surface area contributed by atoms with Crippen LogP contribution in [0.5, 0.6) is 5.75 Å². The van der Waals surface area contributed by atoms with Crippen LogP contribution in [0.25, 0.3) is 0 Å². The van der Waals surface area contributed by atoms with Crippen LogP contribution in [0.4, 0.5) is 0 Å². The van der Waals surface area contributed by atoms with Crippen molar-refractivity contribution < 1.29 is 17.4 Å². The van der Waals surface area contributed by atoms with E-state index in [2.05, 4.69) is 0 Å². The summed E-state index contributed by atoms with van der Waals surface area (Å²) < 4.78 is 27.3. The van der Waals surface area contributed by atoms with Crippen LogP contribution in [0.2, 0.25) is 0 Å². The lowest BCUT2D eigenvalue weighted by molar-refractivity contribution is 0.0722. The molecular weight excluding hydrogens is 266 g/mol. The van der Waals surface area contributed by atoms with Crippen molar-refractivity contribution >= 4 is 16.0 Å². The number of para-hydroxylation sites is 1. The minimum atomic E-state index is -3.63. The van der Waals surface area contributed by atoms with E-state index in [1.54, 1.807) is 23.1 Å². The lowest BCUT2D eigenvalue weighted by Crippen LogP contribution is -2.35. The highest BCUT2D eigenvalue weighted by Crippen LogP contribution is 2.22. The zero-order valence-corrected chi connectivity index (χ0v) is 11.6. The summed E-state index contributed by atoms with van der Waals surface area (Å²) in [6.07, 6.45) is 4.07. The zero-order valence-electron chi connectivity index (χ0n) is 10.8. The average Bonchev–Trinajstić information content (AvgIpc) is 2.38. The van der Waals surface area contributed by atoms with Crippen molar-refractivity contribution in [1.82, 2.24) is 4.90 Å². The van der Waals surface area contributed by atoms with Crippen molar-refractivity contribution in [3.05, 3.63) is 29.8 Å². The first-order valence-corrected chi connectivity index (χ1v) is 8.07. The first-order chi connectivity index (χ1) is 8.97. The number of hydrogen-bond acceptors (Lipinski definition) is 4. The molecule has 19 heavy (non-hydrogen) atoms. The second-order valence-corrected chi connectivity index (χ2v) is 6.21. The van der Waals surface area contributed by atoms with Crippen LogP contribution < -0.4 is 4.18 Å². The Morgan fingerprint density at radius 2 is 1.79 bits per heavy atom. The summed E-state index contributed by atoms with van der Waals surface area (Å²) in [4.78, 5) is 14.1. The number of carbonyl (C=O) groups is 1. The van der Waals surface area contributed by atoms with Crippen LogP contribution in [-0.2, 0) is 10.1 Å². The van der Waals surface area contributed by atoms with Gasteiger partial charge in [-0.05, 0) is 31.4 Å². The fourth-order valence-electron chi connectivity index (χ4n) is 2.15. The fourth-order valence-corrected chi connectivity index (χ4v) is 2.62.